The average Bonchev–Trinajstić information content (AvgIpc) is 3.32. The highest BCUT2D eigenvalue weighted by Crippen LogP contribution is 2.25. The number of fused-ring (bicyclic) bond motifs is 1. The van der Waals surface area contributed by atoms with Crippen LogP contribution in [0.25, 0.3) is 21.7 Å². The molecule has 4 aromatic rings. The van der Waals surface area contributed by atoms with Gasteiger partial charge in [0.15, 0.2) is 5.16 Å². The maximum atomic E-state index is 12.8. The lowest BCUT2D eigenvalue weighted by Gasteiger charge is -2.13. The van der Waals surface area contributed by atoms with E-state index in [-0.39, 0.29) is 5.56 Å². The summed E-state index contributed by atoms with van der Waals surface area (Å²) in [6, 6.07) is 7.41. The minimum atomic E-state index is 0.00547. The van der Waals surface area contributed by atoms with Crippen molar-refractivity contribution in [2.24, 2.45) is 5.92 Å². The lowest BCUT2D eigenvalue weighted by atomic mass is 10.2. The van der Waals surface area contributed by atoms with Crippen LogP contribution in [0.1, 0.15) is 19.7 Å². The van der Waals surface area contributed by atoms with Crippen molar-refractivity contribution in [3.05, 3.63) is 52.1 Å². The van der Waals surface area contributed by atoms with Gasteiger partial charge in [0.2, 0.25) is 11.7 Å². The Morgan fingerprint density at radius 2 is 2.15 bits per heavy atom. The first-order valence-electron chi connectivity index (χ1n) is 8.46. The first-order chi connectivity index (χ1) is 13.1. The lowest BCUT2D eigenvalue weighted by molar-refractivity contribution is 0.391. The Kier molecular flexibility index (Phi) is 5.04. The number of hydrogen-bond acceptors (Lipinski definition) is 8. The standard InChI is InChI=1S/C18H17N5O2S2/c1-11(2)9-23-17(24)15-12(6-8-26-15)20-18(23)27-10-14-21-16(22-25-14)13-5-3-4-7-19-13/h3-8,11H,9-10H2,1-2H3. The molecule has 0 aliphatic rings. The van der Waals surface area contributed by atoms with Crippen molar-refractivity contribution in [2.45, 2.75) is 31.3 Å². The molecule has 138 valence electrons. The zero-order valence-corrected chi connectivity index (χ0v) is 16.5. The fraction of sp³-hybridized carbons (Fsp3) is 0.278. The summed E-state index contributed by atoms with van der Waals surface area (Å²) < 4.78 is 7.76. The molecule has 0 N–H and O–H groups in total. The van der Waals surface area contributed by atoms with Crippen LogP contribution in [-0.4, -0.2) is 24.7 Å². The minimum absolute atomic E-state index is 0.00547. The third kappa shape index (κ3) is 3.79. The topological polar surface area (TPSA) is 86.7 Å². The van der Waals surface area contributed by atoms with Crippen LogP contribution >= 0.6 is 23.1 Å². The normalized spacial score (nSPS) is 11.5. The molecule has 0 spiro atoms. The maximum Gasteiger partial charge on any atom is 0.272 e. The number of thiophene rings is 1. The molecule has 0 bridgehead atoms. The summed E-state index contributed by atoms with van der Waals surface area (Å²) >= 11 is 2.85. The Bertz CT molecular complexity index is 1120. The van der Waals surface area contributed by atoms with Crippen molar-refractivity contribution in [1.82, 2.24) is 24.7 Å². The summed E-state index contributed by atoms with van der Waals surface area (Å²) in [5.41, 5.74) is 1.39. The van der Waals surface area contributed by atoms with Gasteiger partial charge in [-0.05, 0) is 29.5 Å². The number of hydrogen-bond donors (Lipinski definition) is 0. The van der Waals surface area contributed by atoms with Gasteiger partial charge in [-0.25, -0.2) is 4.98 Å². The SMILES string of the molecule is CC(C)Cn1c(SCc2nc(-c3ccccn3)no2)nc2ccsc2c1=O. The fourth-order valence-electron chi connectivity index (χ4n) is 2.60. The third-order valence-corrected chi connectivity index (χ3v) is 5.62. The largest absolute Gasteiger partial charge is 0.338 e. The van der Waals surface area contributed by atoms with Gasteiger partial charge in [0.05, 0.1) is 11.3 Å². The smallest absolute Gasteiger partial charge is 0.272 e. The van der Waals surface area contributed by atoms with E-state index in [0.29, 0.717) is 45.5 Å². The van der Waals surface area contributed by atoms with Gasteiger partial charge >= 0.3 is 0 Å². The first-order valence-corrected chi connectivity index (χ1v) is 10.3. The Morgan fingerprint density at radius 3 is 2.93 bits per heavy atom. The van der Waals surface area contributed by atoms with Crippen molar-refractivity contribution in [3.8, 4) is 11.5 Å². The Labute approximate surface area is 163 Å². The van der Waals surface area contributed by atoms with Crippen LogP contribution in [0, 0.1) is 5.92 Å². The molecule has 0 aliphatic carbocycles. The molecule has 0 unspecified atom stereocenters. The van der Waals surface area contributed by atoms with Crippen LogP contribution in [0.4, 0.5) is 0 Å². The molecule has 0 saturated heterocycles. The van der Waals surface area contributed by atoms with Crippen molar-refractivity contribution in [2.75, 3.05) is 0 Å². The second-order valence-corrected chi connectivity index (χ2v) is 8.21. The van der Waals surface area contributed by atoms with Crippen molar-refractivity contribution < 1.29 is 4.52 Å². The predicted molar refractivity (Wildman–Crippen MR) is 106 cm³/mol. The zero-order chi connectivity index (χ0) is 18.8. The number of thioether (sulfide) groups is 1. The number of pyridine rings is 1. The molecule has 27 heavy (non-hydrogen) atoms. The van der Waals surface area contributed by atoms with Gasteiger partial charge in [0.25, 0.3) is 5.56 Å². The van der Waals surface area contributed by atoms with Gasteiger partial charge in [-0.3, -0.25) is 14.3 Å². The molecule has 7 nitrogen and oxygen atoms in total. The van der Waals surface area contributed by atoms with Crippen LogP contribution < -0.4 is 5.56 Å². The molecule has 0 atom stereocenters. The van der Waals surface area contributed by atoms with E-state index >= 15 is 0 Å². The fourth-order valence-corrected chi connectivity index (χ4v) is 4.22. The molecule has 0 amide bonds. The molecule has 0 aromatic carbocycles. The van der Waals surface area contributed by atoms with Crippen LogP contribution in [0.2, 0.25) is 0 Å². The molecular formula is C18H17N5O2S2. The van der Waals surface area contributed by atoms with E-state index in [2.05, 4.69) is 34.0 Å². The van der Waals surface area contributed by atoms with Gasteiger partial charge in [-0.15, -0.1) is 11.3 Å². The zero-order valence-electron chi connectivity index (χ0n) is 14.8. The van der Waals surface area contributed by atoms with E-state index in [9.17, 15) is 4.79 Å². The van der Waals surface area contributed by atoms with Gasteiger partial charge in [0.1, 0.15) is 10.4 Å². The second kappa shape index (κ2) is 7.61. The Morgan fingerprint density at radius 1 is 1.26 bits per heavy atom. The van der Waals surface area contributed by atoms with E-state index in [1.54, 1.807) is 10.8 Å². The number of aromatic nitrogens is 5. The second-order valence-electron chi connectivity index (χ2n) is 6.35. The molecule has 9 heteroatoms. The highest BCUT2D eigenvalue weighted by molar-refractivity contribution is 7.98. The molecular weight excluding hydrogens is 382 g/mol. The highest BCUT2D eigenvalue weighted by atomic mass is 32.2. The maximum absolute atomic E-state index is 12.8. The van der Waals surface area contributed by atoms with Gasteiger partial charge in [-0.2, -0.15) is 4.98 Å². The summed E-state index contributed by atoms with van der Waals surface area (Å²) in [5, 5.41) is 6.54. The number of rotatable bonds is 6. The van der Waals surface area contributed by atoms with Crippen molar-refractivity contribution in [1.29, 1.82) is 0 Å². The third-order valence-electron chi connectivity index (χ3n) is 3.77. The highest BCUT2D eigenvalue weighted by Gasteiger charge is 2.16. The minimum Gasteiger partial charge on any atom is -0.338 e. The summed E-state index contributed by atoms with van der Waals surface area (Å²) in [6.07, 6.45) is 1.69. The summed E-state index contributed by atoms with van der Waals surface area (Å²) in [5.74, 6) is 1.68. The van der Waals surface area contributed by atoms with Crippen LogP contribution in [0.5, 0.6) is 0 Å². The monoisotopic (exact) mass is 399 g/mol. The van der Waals surface area contributed by atoms with Crippen LogP contribution in [0.15, 0.2) is 50.3 Å². The van der Waals surface area contributed by atoms with Gasteiger partial charge < -0.3 is 4.52 Å². The molecule has 0 radical (unpaired) electrons. The van der Waals surface area contributed by atoms with E-state index in [1.165, 1.54) is 23.1 Å². The van der Waals surface area contributed by atoms with Crippen LogP contribution in [0.3, 0.4) is 0 Å². The number of nitrogens with zero attached hydrogens (tertiary/aromatic N) is 5. The van der Waals surface area contributed by atoms with E-state index in [1.807, 2.05) is 29.6 Å². The molecule has 0 aliphatic heterocycles. The van der Waals surface area contributed by atoms with Gasteiger partial charge in [0, 0.05) is 12.7 Å². The molecule has 0 saturated carbocycles. The Balaban J connectivity index is 1.60. The van der Waals surface area contributed by atoms with E-state index < -0.39 is 0 Å². The average molecular weight is 400 g/mol. The van der Waals surface area contributed by atoms with Crippen LogP contribution in [-0.2, 0) is 12.3 Å². The van der Waals surface area contributed by atoms with E-state index in [4.69, 9.17) is 4.52 Å². The summed E-state index contributed by atoms with van der Waals surface area (Å²) in [6.45, 7) is 4.78. The lowest BCUT2D eigenvalue weighted by Crippen LogP contribution is -2.24. The Hall–Kier alpha value is -2.52. The first kappa shape index (κ1) is 17.9. The van der Waals surface area contributed by atoms with Gasteiger partial charge in [-0.1, -0.05) is 36.8 Å². The molecule has 4 aromatic heterocycles. The molecule has 4 rings (SSSR count). The molecule has 0 fully saturated rings. The predicted octanol–water partition coefficient (Wildman–Crippen LogP) is 3.85. The van der Waals surface area contributed by atoms with Crippen molar-refractivity contribution >= 4 is 33.3 Å². The molecule has 4 heterocycles. The van der Waals surface area contributed by atoms with Crippen molar-refractivity contribution in [3.63, 3.8) is 0 Å². The summed E-state index contributed by atoms with van der Waals surface area (Å²) in [4.78, 5) is 26.1. The summed E-state index contributed by atoms with van der Waals surface area (Å²) in [7, 11) is 0. The van der Waals surface area contributed by atoms with E-state index in [0.717, 1.165) is 5.52 Å². The quantitative estimate of drug-likeness (QED) is 0.359.